The van der Waals surface area contributed by atoms with Crippen LogP contribution in [0.15, 0.2) is 60.7 Å². The summed E-state index contributed by atoms with van der Waals surface area (Å²) in [6, 6.07) is 18.6. The predicted molar refractivity (Wildman–Crippen MR) is 91.7 cm³/mol. The van der Waals surface area contributed by atoms with E-state index in [-0.39, 0.29) is 11.7 Å². The van der Waals surface area contributed by atoms with Crippen LogP contribution in [0.5, 0.6) is 0 Å². The van der Waals surface area contributed by atoms with Crippen molar-refractivity contribution in [2.75, 3.05) is 5.32 Å². The molecule has 0 atom stereocenters. The summed E-state index contributed by atoms with van der Waals surface area (Å²) in [5, 5.41) is 3.08. The fourth-order valence-corrected chi connectivity index (χ4v) is 3.20. The molecule has 2 aromatic carbocycles. The van der Waals surface area contributed by atoms with Gasteiger partial charge in [0.05, 0.1) is 4.88 Å². The summed E-state index contributed by atoms with van der Waals surface area (Å²) < 4.78 is 0. The number of amides is 1. The number of thiazole rings is 1. The van der Waals surface area contributed by atoms with Crippen molar-refractivity contribution in [3.63, 3.8) is 0 Å². The normalized spacial score (nSPS) is 10.3. The summed E-state index contributed by atoms with van der Waals surface area (Å²) in [6.45, 7) is 1.42. The first-order valence-electron chi connectivity index (χ1n) is 7.09. The Morgan fingerprint density at radius 3 is 2.17 bits per heavy atom. The lowest BCUT2D eigenvalue weighted by Crippen LogP contribution is -2.07. The quantitative estimate of drug-likeness (QED) is 0.739. The van der Waals surface area contributed by atoms with Crippen molar-refractivity contribution in [2.24, 2.45) is 0 Å². The van der Waals surface area contributed by atoms with Crippen LogP contribution in [-0.4, -0.2) is 16.7 Å². The number of hydrogen-bond acceptors (Lipinski definition) is 4. The number of carbonyl (C=O) groups is 2. The van der Waals surface area contributed by atoms with E-state index in [9.17, 15) is 9.59 Å². The molecule has 1 N–H and O–H groups in total. The van der Waals surface area contributed by atoms with Crippen LogP contribution in [0.4, 0.5) is 5.13 Å². The van der Waals surface area contributed by atoms with Gasteiger partial charge in [-0.2, -0.15) is 0 Å². The lowest BCUT2D eigenvalue weighted by atomic mass is 10.0. The maximum atomic E-state index is 12.8. The summed E-state index contributed by atoms with van der Waals surface area (Å²) in [7, 11) is 0. The van der Waals surface area contributed by atoms with Crippen molar-refractivity contribution >= 4 is 28.2 Å². The van der Waals surface area contributed by atoms with Crippen LogP contribution < -0.4 is 5.32 Å². The fraction of sp³-hybridized carbons (Fsp3) is 0.0556. The van der Waals surface area contributed by atoms with Crippen molar-refractivity contribution in [1.29, 1.82) is 0 Å². The number of anilines is 1. The number of rotatable bonds is 4. The van der Waals surface area contributed by atoms with E-state index in [4.69, 9.17) is 0 Å². The van der Waals surface area contributed by atoms with Crippen molar-refractivity contribution < 1.29 is 9.59 Å². The molecule has 0 saturated heterocycles. The van der Waals surface area contributed by atoms with Gasteiger partial charge in [0.2, 0.25) is 11.7 Å². The Balaban J connectivity index is 2.09. The lowest BCUT2D eigenvalue weighted by molar-refractivity contribution is -0.114. The van der Waals surface area contributed by atoms with Crippen molar-refractivity contribution in [1.82, 2.24) is 4.98 Å². The molecule has 114 valence electrons. The standard InChI is InChI=1S/C18H14N2O2S/c1-12(21)19-18-20-15(16(22)13-8-4-2-5-9-13)17(23-18)14-10-6-3-7-11-14/h2-11H,1H3,(H,19,20,21). The van der Waals surface area contributed by atoms with Crippen molar-refractivity contribution in [2.45, 2.75) is 6.92 Å². The molecule has 0 spiro atoms. The second-order valence-corrected chi connectivity index (χ2v) is 5.94. The summed E-state index contributed by atoms with van der Waals surface area (Å²) in [5.41, 5.74) is 1.83. The molecule has 1 aromatic heterocycles. The third-order valence-corrected chi connectivity index (χ3v) is 4.22. The number of nitrogens with one attached hydrogen (secondary N) is 1. The zero-order valence-electron chi connectivity index (χ0n) is 12.4. The van der Waals surface area contributed by atoms with Crippen LogP contribution >= 0.6 is 11.3 Å². The average molecular weight is 322 g/mol. The zero-order chi connectivity index (χ0) is 16.2. The van der Waals surface area contributed by atoms with Crippen molar-refractivity contribution in [3.8, 4) is 10.4 Å². The van der Waals surface area contributed by atoms with Crippen LogP contribution in [0.2, 0.25) is 0 Å². The average Bonchev–Trinajstić information content (AvgIpc) is 2.99. The Morgan fingerprint density at radius 2 is 1.57 bits per heavy atom. The molecule has 0 saturated carbocycles. The summed E-state index contributed by atoms with van der Waals surface area (Å²) >= 11 is 1.30. The molecule has 0 bridgehead atoms. The number of carbonyl (C=O) groups excluding carboxylic acids is 2. The predicted octanol–water partition coefficient (Wildman–Crippen LogP) is 4.00. The molecule has 1 heterocycles. The van der Waals surface area contributed by atoms with Gasteiger partial charge in [0, 0.05) is 12.5 Å². The highest BCUT2D eigenvalue weighted by molar-refractivity contribution is 7.19. The first-order valence-corrected chi connectivity index (χ1v) is 7.90. The molecule has 0 unspecified atom stereocenters. The Labute approximate surface area is 137 Å². The van der Waals surface area contributed by atoms with Crippen LogP contribution in [0.3, 0.4) is 0 Å². The van der Waals surface area contributed by atoms with Gasteiger partial charge in [-0.25, -0.2) is 4.98 Å². The maximum absolute atomic E-state index is 12.8. The fourth-order valence-electron chi connectivity index (χ4n) is 2.19. The first-order chi connectivity index (χ1) is 11.1. The summed E-state index contributed by atoms with van der Waals surface area (Å²) in [6.07, 6.45) is 0. The van der Waals surface area contributed by atoms with Crippen LogP contribution in [-0.2, 0) is 4.79 Å². The van der Waals surface area contributed by atoms with Crippen LogP contribution in [0.1, 0.15) is 23.0 Å². The summed E-state index contributed by atoms with van der Waals surface area (Å²) in [4.78, 5) is 29.1. The Bertz CT molecular complexity index is 842. The molecule has 23 heavy (non-hydrogen) atoms. The van der Waals surface area contributed by atoms with E-state index in [0.29, 0.717) is 16.4 Å². The van der Waals surface area contributed by atoms with Gasteiger partial charge in [-0.15, -0.1) is 0 Å². The highest BCUT2D eigenvalue weighted by atomic mass is 32.1. The van der Waals surface area contributed by atoms with Gasteiger partial charge in [-0.3, -0.25) is 9.59 Å². The Morgan fingerprint density at radius 1 is 0.957 bits per heavy atom. The van der Waals surface area contributed by atoms with Gasteiger partial charge in [0.15, 0.2) is 5.13 Å². The molecule has 0 aliphatic carbocycles. The molecule has 0 radical (unpaired) electrons. The van der Waals surface area contributed by atoms with E-state index in [1.165, 1.54) is 18.3 Å². The molecule has 4 nitrogen and oxygen atoms in total. The molecule has 1 amide bonds. The largest absolute Gasteiger partial charge is 0.302 e. The minimum atomic E-state index is -0.211. The molecular formula is C18H14N2O2S. The molecular weight excluding hydrogens is 308 g/mol. The molecule has 0 aliphatic heterocycles. The summed E-state index contributed by atoms with van der Waals surface area (Å²) in [5.74, 6) is -0.366. The van der Waals surface area contributed by atoms with E-state index in [0.717, 1.165) is 10.4 Å². The number of benzene rings is 2. The lowest BCUT2D eigenvalue weighted by Gasteiger charge is -2.02. The smallest absolute Gasteiger partial charge is 0.223 e. The van der Waals surface area contributed by atoms with Gasteiger partial charge < -0.3 is 5.32 Å². The van der Waals surface area contributed by atoms with Gasteiger partial charge in [-0.05, 0) is 5.56 Å². The topological polar surface area (TPSA) is 59.1 Å². The molecule has 0 fully saturated rings. The van der Waals surface area contributed by atoms with Crippen molar-refractivity contribution in [3.05, 3.63) is 71.9 Å². The molecule has 3 aromatic rings. The highest BCUT2D eigenvalue weighted by Crippen LogP contribution is 2.34. The highest BCUT2D eigenvalue weighted by Gasteiger charge is 2.21. The Hall–Kier alpha value is -2.79. The number of hydrogen-bond donors (Lipinski definition) is 1. The molecule has 0 aliphatic rings. The van der Waals surface area contributed by atoms with Gasteiger partial charge >= 0.3 is 0 Å². The minimum Gasteiger partial charge on any atom is -0.302 e. The van der Waals surface area contributed by atoms with Crippen LogP contribution in [0, 0.1) is 0 Å². The van der Waals surface area contributed by atoms with E-state index < -0.39 is 0 Å². The van der Waals surface area contributed by atoms with Gasteiger partial charge in [-0.1, -0.05) is 72.0 Å². The Kier molecular flexibility index (Phi) is 4.30. The third-order valence-electron chi connectivity index (χ3n) is 3.20. The number of nitrogens with zero attached hydrogens (tertiary/aromatic N) is 1. The van der Waals surface area contributed by atoms with E-state index in [2.05, 4.69) is 10.3 Å². The monoisotopic (exact) mass is 322 g/mol. The zero-order valence-corrected chi connectivity index (χ0v) is 13.3. The van der Waals surface area contributed by atoms with Gasteiger partial charge in [0.1, 0.15) is 5.69 Å². The third kappa shape index (κ3) is 3.35. The van der Waals surface area contributed by atoms with E-state index in [1.54, 1.807) is 12.1 Å². The first kappa shape index (κ1) is 15.1. The molecule has 3 rings (SSSR count). The van der Waals surface area contributed by atoms with E-state index >= 15 is 0 Å². The number of ketones is 1. The maximum Gasteiger partial charge on any atom is 0.223 e. The van der Waals surface area contributed by atoms with E-state index in [1.807, 2.05) is 48.5 Å². The minimum absolute atomic E-state index is 0.155. The van der Waals surface area contributed by atoms with Gasteiger partial charge in [0.25, 0.3) is 0 Å². The second kappa shape index (κ2) is 6.54. The SMILES string of the molecule is CC(=O)Nc1nc(C(=O)c2ccccc2)c(-c2ccccc2)s1. The second-order valence-electron chi connectivity index (χ2n) is 4.94. The number of aromatic nitrogens is 1. The van der Waals surface area contributed by atoms with Crippen LogP contribution in [0.25, 0.3) is 10.4 Å². The molecule has 5 heteroatoms.